The van der Waals surface area contributed by atoms with Gasteiger partial charge in [0.15, 0.2) is 0 Å². The Morgan fingerprint density at radius 3 is 2.61 bits per heavy atom. The molecule has 1 saturated heterocycles. The summed E-state index contributed by atoms with van der Waals surface area (Å²) in [6.07, 6.45) is 1.02. The van der Waals surface area contributed by atoms with E-state index in [1.807, 2.05) is 0 Å². The predicted molar refractivity (Wildman–Crippen MR) is 67.5 cm³/mol. The number of carbonyl (C=O) groups excluding carboxylic acids is 1. The fourth-order valence-corrected chi connectivity index (χ4v) is 1.99. The molecule has 2 amide bonds. The Morgan fingerprint density at radius 2 is 2.11 bits per heavy atom. The highest BCUT2D eigenvalue weighted by atomic mass is 16.6. The number of nitrogens with one attached hydrogen (secondary N) is 1. The number of amides is 2. The third-order valence-corrected chi connectivity index (χ3v) is 3.04. The smallest absolute Gasteiger partial charge is 0.321 e. The first-order valence-electron chi connectivity index (χ1n) is 5.86. The SMILES string of the molecule is C[C@H]1CCN(C(=O)Nc2ccc([N+](=O)[O-])cc2)C1. The molecule has 18 heavy (non-hydrogen) atoms. The van der Waals surface area contributed by atoms with Gasteiger partial charge in [0.25, 0.3) is 5.69 Å². The summed E-state index contributed by atoms with van der Waals surface area (Å²) in [7, 11) is 0. The summed E-state index contributed by atoms with van der Waals surface area (Å²) in [5, 5.41) is 13.2. The first-order valence-corrected chi connectivity index (χ1v) is 5.86. The molecule has 1 aliphatic rings. The van der Waals surface area contributed by atoms with Crippen LogP contribution in [-0.2, 0) is 0 Å². The van der Waals surface area contributed by atoms with E-state index in [4.69, 9.17) is 0 Å². The van der Waals surface area contributed by atoms with Crippen molar-refractivity contribution >= 4 is 17.4 Å². The van der Waals surface area contributed by atoms with Gasteiger partial charge < -0.3 is 10.2 Å². The van der Waals surface area contributed by atoms with Crippen molar-refractivity contribution in [3.05, 3.63) is 34.4 Å². The molecule has 1 N–H and O–H groups in total. The minimum Gasteiger partial charge on any atom is -0.324 e. The third-order valence-electron chi connectivity index (χ3n) is 3.04. The van der Waals surface area contributed by atoms with Crippen LogP contribution in [0, 0.1) is 16.0 Å². The summed E-state index contributed by atoms with van der Waals surface area (Å²) in [5.41, 5.74) is 0.591. The second-order valence-electron chi connectivity index (χ2n) is 4.57. The second-order valence-corrected chi connectivity index (χ2v) is 4.57. The van der Waals surface area contributed by atoms with Crippen molar-refractivity contribution in [3.8, 4) is 0 Å². The summed E-state index contributed by atoms with van der Waals surface area (Å²) < 4.78 is 0. The van der Waals surface area contributed by atoms with E-state index < -0.39 is 4.92 Å². The standard InChI is InChI=1S/C12H15N3O3/c1-9-6-7-14(8-9)12(16)13-10-2-4-11(5-3-10)15(17)18/h2-5,9H,6-8H2,1H3,(H,13,16)/t9-/m0/s1. The predicted octanol–water partition coefficient (Wildman–Crippen LogP) is 2.47. The Morgan fingerprint density at radius 1 is 1.44 bits per heavy atom. The number of nitro groups is 1. The van der Waals surface area contributed by atoms with Crippen LogP contribution in [0.1, 0.15) is 13.3 Å². The van der Waals surface area contributed by atoms with Crippen LogP contribution in [-0.4, -0.2) is 28.9 Å². The number of nitro benzene ring substituents is 1. The van der Waals surface area contributed by atoms with Crippen LogP contribution in [0.3, 0.4) is 0 Å². The quantitative estimate of drug-likeness (QED) is 0.646. The van der Waals surface area contributed by atoms with Gasteiger partial charge in [-0.2, -0.15) is 0 Å². The monoisotopic (exact) mass is 249 g/mol. The van der Waals surface area contributed by atoms with Crippen LogP contribution in [0.2, 0.25) is 0 Å². The second kappa shape index (κ2) is 5.03. The zero-order chi connectivity index (χ0) is 13.1. The molecule has 1 aliphatic heterocycles. The van der Waals surface area contributed by atoms with E-state index in [-0.39, 0.29) is 11.7 Å². The molecule has 0 spiro atoms. The van der Waals surface area contributed by atoms with Gasteiger partial charge in [0.2, 0.25) is 0 Å². The minimum atomic E-state index is -0.465. The highest BCUT2D eigenvalue weighted by molar-refractivity contribution is 5.89. The van der Waals surface area contributed by atoms with Crippen LogP contribution in [0.25, 0.3) is 0 Å². The molecule has 2 rings (SSSR count). The molecular formula is C12H15N3O3. The lowest BCUT2D eigenvalue weighted by molar-refractivity contribution is -0.384. The van der Waals surface area contributed by atoms with Gasteiger partial charge in [-0.25, -0.2) is 4.79 Å². The number of non-ortho nitro benzene ring substituents is 1. The molecule has 0 aliphatic carbocycles. The van der Waals surface area contributed by atoms with E-state index in [9.17, 15) is 14.9 Å². The van der Waals surface area contributed by atoms with Gasteiger partial charge in [-0.05, 0) is 24.5 Å². The number of rotatable bonds is 2. The van der Waals surface area contributed by atoms with Gasteiger partial charge in [-0.15, -0.1) is 0 Å². The Labute approximate surface area is 105 Å². The number of carbonyl (C=O) groups is 1. The number of nitrogens with zero attached hydrogens (tertiary/aromatic N) is 2. The Hall–Kier alpha value is -2.11. The Balaban J connectivity index is 1.97. The van der Waals surface area contributed by atoms with Gasteiger partial charge in [-0.1, -0.05) is 6.92 Å². The average Bonchev–Trinajstić information content (AvgIpc) is 2.76. The van der Waals surface area contributed by atoms with Crippen molar-refractivity contribution in [3.63, 3.8) is 0 Å². The Bertz CT molecular complexity index is 458. The first kappa shape index (κ1) is 12.3. The van der Waals surface area contributed by atoms with E-state index in [1.165, 1.54) is 24.3 Å². The molecule has 96 valence electrons. The number of hydrogen-bond acceptors (Lipinski definition) is 3. The largest absolute Gasteiger partial charge is 0.324 e. The molecule has 1 aromatic rings. The van der Waals surface area contributed by atoms with Crippen molar-refractivity contribution in [2.75, 3.05) is 18.4 Å². The molecule has 0 radical (unpaired) electrons. The number of urea groups is 1. The topological polar surface area (TPSA) is 75.5 Å². The molecule has 1 fully saturated rings. The number of likely N-dealkylation sites (tertiary alicyclic amines) is 1. The summed E-state index contributed by atoms with van der Waals surface area (Å²) in [5.74, 6) is 0.535. The van der Waals surface area contributed by atoms with E-state index in [0.29, 0.717) is 11.6 Å². The lowest BCUT2D eigenvalue weighted by Crippen LogP contribution is -2.32. The van der Waals surface area contributed by atoms with Gasteiger partial charge in [0.1, 0.15) is 0 Å². The van der Waals surface area contributed by atoms with Crippen LogP contribution in [0.15, 0.2) is 24.3 Å². The van der Waals surface area contributed by atoms with Gasteiger partial charge in [-0.3, -0.25) is 10.1 Å². The molecule has 1 atom stereocenters. The van der Waals surface area contributed by atoms with E-state index in [2.05, 4.69) is 12.2 Å². The maximum Gasteiger partial charge on any atom is 0.321 e. The maximum absolute atomic E-state index is 11.9. The summed E-state index contributed by atoms with van der Waals surface area (Å²) in [6, 6.07) is 5.68. The van der Waals surface area contributed by atoms with Gasteiger partial charge in [0, 0.05) is 30.9 Å². The van der Waals surface area contributed by atoms with Crippen molar-refractivity contribution in [2.24, 2.45) is 5.92 Å². The lowest BCUT2D eigenvalue weighted by Gasteiger charge is -2.16. The fourth-order valence-electron chi connectivity index (χ4n) is 1.99. The van der Waals surface area contributed by atoms with Crippen LogP contribution in [0.5, 0.6) is 0 Å². The fraction of sp³-hybridized carbons (Fsp3) is 0.417. The normalized spacial score (nSPS) is 18.7. The number of benzene rings is 1. The van der Waals surface area contributed by atoms with Crippen LogP contribution in [0.4, 0.5) is 16.2 Å². The van der Waals surface area contributed by atoms with Crippen molar-refractivity contribution in [1.29, 1.82) is 0 Å². The molecule has 1 heterocycles. The molecule has 0 unspecified atom stereocenters. The van der Waals surface area contributed by atoms with Crippen LogP contribution >= 0.6 is 0 Å². The molecule has 6 heteroatoms. The number of hydrogen-bond donors (Lipinski definition) is 1. The molecule has 1 aromatic carbocycles. The highest BCUT2D eigenvalue weighted by Gasteiger charge is 2.23. The van der Waals surface area contributed by atoms with Crippen molar-refractivity contribution in [2.45, 2.75) is 13.3 Å². The molecule has 0 aromatic heterocycles. The zero-order valence-electron chi connectivity index (χ0n) is 10.1. The lowest BCUT2D eigenvalue weighted by atomic mass is 10.2. The third kappa shape index (κ3) is 2.77. The molecule has 0 saturated carbocycles. The van der Waals surface area contributed by atoms with E-state index in [1.54, 1.807) is 4.90 Å². The van der Waals surface area contributed by atoms with Gasteiger partial charge in [0.05, 0.1) is 4.92 Å². The van der Waals surface area contributed by atoms with Crippen molar-refractivity contribution < 1.29 is 9.72 Å². The molecule has 6 nitrogen and oxygen atoms in total. The summed E-state index contributed by atoms with van der Waals surface area (Å²) >= 11 is 0. The van der Waals surface area contributed by atoms with Gasteiger partial charge >= 0.3 is 6.03 Å². The van der Waals surface area contributed by atoms with Crippen LogP contribution < -0.4 is 5.32 Å². The average molecular weight is 249 g/mol. The number of anilines is 1. The molecule has 0 bridgehead atoms. The summed E-state index contributed by atoms with van der Waals surface area (Å²) in [4.78, 5) is 23.6. The van der Waals surface area contributed by atoms with E-state index >= 15 is 0 Å². The summed E-state index contributed by atoms with van der Waals surface area (Å²) in [6.45, 7) is 3.64. The zero-order valence-corrected chi connectivity index (χ0v) is 10.1. The maximum atomic E-state index is 11.9. The first-order chi connectivity index (χ1) is 8.56. The van der Waals surface area contributed by atoms with E-state index in [0.717, 1.165) is 19.5 Å². The highest BCUT2D eigenvalue weighted by Crippen LogP contribution is 2.18. The Kier molecular flexibility index (Phi) is 3.45. The van der Waals surface area contributed by atoms with Crippen molar-refractivity contribution in [1.82, 2.24) is 4.90 Å². The molecular weight excluding hydrogens is 234 g/mol. The minimum absolute atomic E-state index is 0.0165.